The highest BCUT2D eigenvalue weighted by atomic mass is 35.5. The zero-order chi connectivity index (χ0) is 19.4. The Hall–Kier alpha value is -1.64. The Balaban J connectivity index is 1.92. The van der Waals surface area contributed by atoms with Crippen molar-refractivity contribution in [1.29, 1.82) is 0 Å². The summed E-state index contributed by atoms with van der Waals surface area (Å²) in [6.45, 7) is 0.633. The second-order valence-corrected chi connectivity index (χ2v) is 8.02. The normalized spacial score (nSPS) is 18.1. The molecule has 2 atom stereocenters. The summed E-state index contributed by atoms with van der Waals surface area (Å²) in [6.07, 6.45) is -0.168. The molecular weight excluding hydrogens is 385 g/mol. The van der Waals surface area contributed by atoms with Crippen molar-refractivity contribution in [2.45, 2.75) is 12.2 Å². The molecule has 0 radical (unpaired) electrons. The summed E-state index contributed by atoms with van der Waals surface area (Å²) in [5.74, 6) is -0.281. The monoisotopic (exact) mass is 407 g/mol. The van der Waals surface area contributed by atoms with Crippen LogP contribution in [0.5, 0.6) is 0 Å². The van der Waals surface area contributed by atoms with Gasteiger partial charge < -0.3 is 0 Å². The zero-order valence-corrected chi connectivity index (χ0v) is 17.1. The van der Waals surface area contributed by atoms with Crippen molar-refractivity contribution in [3.05, 3.63) is 70.5 Å². The molecule has 0 saturated heterocycles. The van der Waals surface area contributed by atoms with Gasteiger partial charge in [-0.15, -0.1) is 0 Å². The van der Waals surface area contributed by atoms with Gasteiger partial charge in [-0.05, 0) is 56.5 Å². The third-order valence-electron chi connectivity index (χ3n) is 4.25. The maximum Gasteiger partial charge on any atom is 0.160 e. The topological polar surface area (TPSA) is 42.9 Å². The van der Waals surface area contributed by atoms with Crippen LogP contribution in [0.15, 0.2) is 53.6 Å². The van der Waals surface area contributed by atoms with E-state index >= 15 is 0 Å². The molecule has 5 nitrogen and oxygen atoms in total. The largest absolute Gasteiger partial charge is 0.286 e. The highest BCUT2D eigenvalue weighted by Gasteiger charge is 2.32. The third kappa shape index (κ3) is 5.00. The number of rotatable bonds is 7. The average molecular weight is 408 g/mol. The van der Waals surface area contributed by atoms with Gasteiger partial charge in [-0.2, -0.15) is 5.10 Å². The lowest BCUT2D eigenvalue weighted by atomic mass is 9.90. The lowest BCUT2D eigenvalue weighted by Crippen LogP contribution is -2.49. The molecule has 0 aromatic heterocycles. The van der Waals surface area contributed by atoms with E-state index in [1.807, 2.05) is 60.8 Å². The summed E-state index contributed by atoms with van der Waals surface area (Å²) in [5.41, 5.74) is 2.78. The molecule has 1 aliphatic heterocycles. The minimum atomic E-state index is -0.243. The van der Waals surface area contributed by atoms with Gasteiger partial charge in [0.1, 0.15) is 5.82 Å². The Morgan fingerprint density at radius 2 is 2.00 bits per heavy atom. The average Bonchev–Trinajstić information content (AvgIpc) is 3.08. The maximum atomic E-state index is 13.8. The van der Waals surface area contributed by atoms with Gasteiger partial charge in [0.25, 0.3) is 0 Å². The highest BCUT2D eigenvalue weighted by molar-refractivity contribution is 7.95. The second-order valence-electron chi connectivity index (χ2n) is 6.43. The van der Waals surface area contributed by atoms with E-state index in [4.69, 9.17) is 16.7 Å². The number of nitrogens with one attached hydrogen (secondary N) is 2. The standard InChI is InChI=1S/C19H23ClFN5S/c1-22-19(24-27-25(2)3)26-12-17(14-5-4-6-16(21)11-14)18(23-26)13-7-9-15(20)10-8-13/h4-11,17,19,22,24H,12H2,1-3H3. The molecule has 2 N–H and O–H groups in total. The summed E-state index contributed by atoms with van der Waals surface area (Å²) < 4.78 is 19.1. The molecule has 2 unspecified atom stereocenters. The molecule has 2 aromatic rings. The molecule has 144 valence electrons. The van der Waals surface area contributed by atoms with E-state index in [1.165, 1.54) is 18.2 Å². The van der Waals surface area contributed by atoms with Crippen LogP contribution in [0, 0.1) is 5.82 Å². The molecule has 0 spiro atoms. The fourth-order valence-corrected chi connectivity index (χ4v) is 3.65. The van der Waals surface area contributed by atoms with Gasteiger partial charge >= 0.3 is 0 Å². The van der Waals surface area contributed by atoms with E-state index in [0.29, 0.717) is 11.6 Å². The van der Waals surface area contributed by atoms with Crippen LogP contribution in [0.25, 0.3) is 0 Å². The number of hydrogen-bond acceptors (Lipinski definition) is 6. The minimum Gasteiger partial charge on any atom is -0.286 e. The smallest absolute Gasteiger partial charge is 0.160 e. The number of nitrogens with zero attached hydrogens (tertiary/aromatic N) is 3. The van der Waals surface area contributed by atoms with Crippen molar-refractivity contribution in [2.24, 2.45) is 5.10 Å². The molecule has 0 fully saturated rings. The van der Waals surface area contributed by atoms with Crippen LogP contribution in [0.1, 0.15) is 17.0 Å². The van der Waals surface area contributed by atoms with E-state index < -0.39 is 0 Å². The number of hydrogen-bond donors (Lipinski definition) is 2. The lowest BCUT2D eigenvalue weighted by molar-refractivity contribution is 0.185. The first kappa shape index (κ1) is 20.1. The van der Waals surface area contributed by atoms with E-state index in [1.54, 1.807) is 12.1 Å². The number of benzene rings is 2. The number of hydrazone groups is 1. The molecule has 1 aliphatic rings. The van der Waals surface area contributed by atoms with Gasteiger partial charge in [-0.1, -0.05) is 35.9 Å². The molecule has 0 saturated carbocycles. The van der Waals surface area contributed by atoms with Crippen LogP contribution in [-0.4, -0.2) is 49.0 Å². The first-order valence-corrected chi connectivity index (χ1v) is 9.76. The molecule has 0 bridgehead atoms. The summed E-state index contributed by atoms with van der Waals surface area (Å²) in [7, 11) is 5.81. The molecule has 8 heteroatoms. The van der Waals surface area contributed by atoms with E-state index in [0.717, 1.165) is 16.8 Å². The first-order chi connectivity index (χ1) is 13.0. The van der Waals surface area contributed by atoms with Crippen molar-refractivity contribution in [1.82, 2.24) is 19.4 Å². The Morgan fingerprint density at radius 3 is 2.63 bits per heavy atom. The highest BCUT2D eigenvalue weighted by Crippen LogP contribution is 2.30. The van der Waals surface area contributed by atoms with Crippen LogP contribution < -0.4 is 10.0 Å². The second kappa shape index (κ2) is 9.03. The zero-order valence-electron chi connectivity index (χ0n) is 15.5. The fraction of sp³-hybridized carbons (Fsp3) is 0.316. The van der Waals surface area contributed by atoms with E-state index in [9.17, 15) is 4.39 Å². The van der Waals surface area contributed by atoms with Crippen LogP contribution in [0.3, 0.4) is 0 Å². The van der Waals surface area contributed by atoms with Gasteiger partial charge in [-0.3, -0.25) is 10.3 Å². The summed E-state index contributed by atoms with van der Waals surface area (Å²) in [6, 6.07) is 14.3. The summed E-state index contributed by atoms with van der Waals surface area (Å²) in [5, 5.41) is 10.7. The van der Waals surface area contributed by atoms with Crippen molar-refractivity contribution in [3.63, 3.8) is 0 Å². The predicted octanol–water partition coefficient (Wildman–Crippen LogP) is 3.50. The van der Waals surface area contributed by atoms with Crippen molar-refractivity contribution in [3.8, 4) is 0 Å². The van der Waals surface area contributed by atoms with Gasteiger partial charge in [-0.25, -0.2) is 13.4 Å². The van der Waals surface area contributed by atoms with Crippen molar-refractivity contribution in [2.75, 3.05) is 27.7 Å². The maximum absolute atomic E-state index is 13.8. The molecule has 2 aromatic carbocycles. The molecule has 1 heterocycles. The minimum absolute atomic E-state index is 0.0381. The van der Waals surface area contributed by atoms with Gasteiger partial charge in [0.15, 0.2) is 6.29 Å². The Bertz CT molecular complexity index is 799. The molecule has 27 heavy (non-hydrogen) atoms. The predicted molar refractivity (Wildman–Crippen MR) is 111 cm³/mol. The molecule has 3 rings (SSSR count). The van der Waals surface area contributed by atoms with E-state index in [-0.39, 0.29) is 18.0 Å². The van der Waals surface area contributed by atoms with Crippen LogP contribution in [0.4, 0.5) is 4.39 Å². The number of halogens is 2. The molecular formula is C19H23ClFN5S. The van der Waals surface area contributed by atoms with Crippen LogP contribution >= 0.6 is 23.7 Å². The lowest BCUT2D eigenvalue weighted by Gasteiger charge is -2.27. The van der Waals surface area contributed by atoms with E-state index in [2.05, 4.69) is 10.0 Å². The first-order valence-electron chi connectivity index (χ1n) is 8.61. The van der Waals surface area contributed by atoms with Crippen LogP contribution in [-0.2, 0) is 0 Å². The molecule has 0 aliphatic carbocycles. The quantitative estimate of drug-likeness (QED) is 0.543. The van der Waals surface area contributed by atoms with Gasteiger partial charge in [0.05, 0.1) is 12.3 Å². The Labute approximate surface area is 168 Å². The summed E-state index contributed by atoms with van der Waals surface area (Å²) in [4.78, 5) is 0. The van der Waals surface area contributed by atoms with Crippen molar-refractivity contribution >= 4 is 29.4 Å². The SMILES string of the molecule is CNC(NSN(C)C)N1CC(c2cccc(F)c2)C(c2ccc(Cl)cc2)=N1. The van der Waals surface area contributed by atoms with Crippen LogP contribution in [0.2, 0.25) is 5.02 Å². The Morgan fingerprint density at radius 1 is 1.26 bits per heavy atom. The Kier molecular flexibility index (Phi) is 6.73. The fourth-order valence-electron chi connectivity index (χ4n) is 2.98. The van der Waals surface area contributed by atoms with Gasteiger partial charge in [0.2, 0.25) is 0 Å². The third-order valence-corrected chi connectivity index (χ3v) is 5.19. The molecule has 0 amide bonds. The van der Waals surface area contributed by atoms with Gasteiger partial charge in [0, 0.05) is 23.1 Å². The summed E-state index contributed by atoms with van der Waals surface area (Å²) >= 11 is 7.52. The van der Waals surface area contributed by atoms with Crippen molar-refractivity contribution < 1.29 is 4.39 Å².